The van der Waals surface area contributed by atoms with Crippen molar-refractivity contribution in [3.63, 3.8) is 0 Å². The first kappa shape index (κ1) is 9.01. The smallest absolute Gasteiger partial charge is 0.0726 e. The fourth-order valence-electron chi connectivity index (χ4n) is 1.61. The molecule has 1 unspecified atom stereocenters. The van der Waals surface area contributed by atoms with Crippen LogP contribution < -0.4 is 0 Å². The van der Waals surface area contributed by atoms with Gasteiger partial charge in [0.25, 0.3) is 0 Å². The molecular formula is C9H18O2. The van der Waals surface area contributed by atoms with Crippen molar-refractivity contribution in [2.24, 2.45) is 0 Å². The molecule has 0 amide bonds. The van der Waals surface area contributed by atoms with E-state index in [1.54, 1.807) is 0 Å². The van der Waals surface area contributed by atoms with Crippen LogP contribution in [0.15, 0.2) is 0 Å². The third kappa shape index (κ3) is 2.17. The molecule has 0 bridgehead atoms. The first-order valence-electron chi connectivity index (χ1n) is 4.58. The Morgan fingerprint density at radius 3 is 2.55 bits per heavy atom. The van der Waals surface area contributed by atoms with Gasteiger partial charge < -0.3 is 9.84 Å². The summed E-state index contributed by atoms with van der Waals surface area (Å²) in [6, 6.07) is 0. The van der Waals surface area contributed by atoms with E-state index in [0.717, 1.165) is 25.9 Å². The lowest BCUT2D eigenvalue weighted by molar-refractivity contribution is -0.161. The molecule has 0 saturated carbocycles. The lowest BCUT2D eigenvalue weighted by Gasteiger charge is -2.42. The minimum Gasteiger partial charge on any atom is -0.396 e. The van der Waals surface area contributed by atoms with Gasteiger partial charge in [0.1, 0.15) is 0 Å². The zero-order valence-corrected chi connectivity index (χ0v) is 7.31. The molecule has 1 fully saturated rings. The van der Waals surface area contributed by atoms with Crippen LogP contribution in [0.1, 0.15) is 39.0 Å². The molecule has 1 aliphatic rings. The maximum Gasteiger partial charge on any atom is 0.0726 e. The molecule has 1 saturated heterocycles. The van der Waals surface area contributed by atoms with Crippen molar-refractivity contribution in [3.8, 4) is 0 Å². The summed E-state index contributed by atoms with van der Waals surface area (Å²) in [7, 11) is 0. The lowest BCUT2D eigenvalue weighted by atomic mass is 9.86. The Morgan fingerprint density at radius 2 is 2.18 bits per heavy atom. The molecule has 0 spiro atoms. The van der Waals surface area contributed by atoms with E-state index in [1.807, 2.05) is 0 Å². The maximum absolute atomic E-state index is 8.79. The van der Waals surface area contributed by atoms with Gasteiger partial charge in [0.05, 0.1) is 12.2 Å². The lowest BCUT2D eigenvalue weighted by Crippen LogP contribution is -2.44. The molecule has 0 radical (unpaired) electrons. The summed E-state index contributed by atoms with van der Waals surface area (Å²) < 4.78 is 5.50. The summed E-state index contributed by atoms with van der Waals surface area (Å²) in [6.07, 6.45) is 5.54. The summed E-state index contributed by atoms with van der Waals surface area (Å²) in [4.78, 5) is 0. The van der Waals surface area contributed by atoms with E-state index in [4.69, 9.17) is 9.84 Å². The van der Waals surface area contributed by atoms with Crippen LogP contribution in [-0.4, -0.2) is 23.9 Å². The zero-order chi connectivity index (χ0) is 8.16. The molecule has 1 atom stereocenters. The van der Waals surface area contributed by atoms with E-state index in [-0.39, 0.29) is 12.2 Å². The minimum atomic E-state index is 0.0742. The zero-order valence-electron chi connectivity index (χ0n) is 7.31. The van der Waals surface area contributed by atoms with Gasteiger partial charge in [0, 0.05) is 6.61 Å². The topological polar surface area (TPSA) is 29.5 Å². The van der Waals surface area contributed by atoms with E-state index in [9.17, 15) is 0 Å². The Kier molecular flexibility index (Phi) is 3.34. The number of aliphatic hydroxyl groups excluding tert-OH is 1. The Hall–Kier alpha value is -0.0800. The molecule has 66 valence electrons. The fraction of sp³-hybridized carbons (Fsp3) is 1.00. The highest BCUT2D eigenvalue weighted by Crippen LogP contribution is 2.34. The Bertz CT molecular complexity index is 108. The van der Waals surface area contributed by atoms with Crippen molar-refractivity contribution >= 4 is 0 Å². The van der Waals surface area contributed by atoms with Crippen LogP contribution in [-0.2, 0) is 4.74 Å². The first-order chi connectivity index (χ1) is 5.33. The fourth-order valence-corrected chi connectivity index (χ4v) is 1.61. The van der Waals surface area contributed by atoms with E-state index < -0.39 is 0 Å². The highest BCUT2D eigenvalue weighted by molar-refractivity contribution is 4.86. The highest BCUT2D eigenvalue weighted by Gasteiger charge is 2.36. The summed E-state index contributed by atoms with van der Waals surface area (Å²) >= 11 is 0. The van der Waals surface area contributed by atoms with Crippen molar-refractivity contribution < 1.29 is 9.84 Å². The van der Waals surface area contributed by atoms with Gasteiger partial charge in [-0.3, -0.25) is 0 Å². The summed E-state index contributed by atoms with van der Waals surface area (Å²) in [5, 5.41) is 8.79. The highest BCUT2D eigenvalue weighted by atomic mass is 16.5. The minimum absolute atomic E-state index is 0.0742. The Morgan fingerprint density at radius 1 is 1.45 bits per heavy atom. The van der Waals surface area contributed by atoms with Crippen molar-refractivity contribution in [1.82, 2.24) is 0 Å². The van der Waals surface area contributed by atoms with Gasteiger partial charge >= 0.3 is 0 Å². The molecule has 2 nitrogen and oxygen atoms in total. The molecule has 0 aromatic rings. The maximum atomic E-state index is 8.79. The van der Waals surface area contributed by atoms with Crippen LogP contribution in [0.5, 0.6) is 0 Å². The van der Waals surface area contributed by atoms with Gasteiger partial charge in [0.15, 0.2) is 0 Å². The largest absolute Gasteiger partial charge is 0.396 e. The van der Waals surface area contributed by atoms with Crippen molar-refractivity contribution in [2.75, 3.05) is 13.2 Å². The van der Waals surface area contributed by atoms with Crippen LogP contribution in [0, 0.1) is 0 Å². The van der Waals surface area contributed by atoms with E-state index >= 15 is 0 Å². The van der Waals surface area contributed by atoms with Gasteiger partial charge in [-0.05, 0) is 19.3 Å². The molecular weight excluding hydrogens is 140 g/mol. The van der Waals surface area contributed by atoms with Crippen molar-refractivity contribution in [3.05, 3.63) is 0 Å². The summed E-state index contributed by atoms with van der Waals surface area (Å²) in [5.41, 5.74) is 0.0742. The standard InChI is InChI=1S/C9H18O2/c1-2-3-4-9(5-7-10)6-8-11-9/h10H,2-8H2,1H3. The van der Waals surface area contributed by atoms with Gasteiger partial charge in [-0.15, -0.1) is 0 Å². The van der Waals surface area contributed by atoms with Gasteiger partial charge in [-0.1, -0.05) is 19.8 Å². The predicted octanol–water partition coefficient (Wildman–Crippen LogP) is 1.72. The van der Waals surface area contributed by atoms with Crippen LogP contribution in [0.4, 0.5) is 0 Å². The number of hydrogen-bond acceptors (Lipinski definition) is 2. The number of rotatable bonds is 5. The average Bonchev–Trinajstić information content (AvgIpc) is 1.95. The van der Waals surface area contributed by atoms with Crippen molar-refractivity contribution in [2.45, 2.75) is 44.6 Å². The predicted molar refractivity (Wildman–Crippen MR) is 44.5 cm³/mol. The van der Waals surface area contributed by atoms with Crippen LogP contribution in [0.3, 0.4) is 0 Å². The molecule has 1 rings (SSSR count). The van der Waals surface area contributed by atoms with Gasteiger partial charge in [0.2, 0.25) is 0 Å². The third-order valence-corrected chi connectivity index (χ3v) is 2.52. The average molecular weight is 158 g/mol. The summed E-state index contributed by atoms with van der Waals surface area (Å²) in [6.45, 7) is 3.35. The number of hydrogen-bond donors (Lipinski definition) is 1. The summed E-state index contributed by atoms with van der Waals surface area (Å²) in [5.74, 6) is 0. The van der Waals surface area contributed by atoms with Crippen LogP contribution in [0.2, 0.25) is 0 Å². The number of aliphatic hydroxyl groups is 1. The van der Waals surface area contributed by atoms with Gasteiger partial charge in [-0.25, -0.2) is 0 Å². The molecule has 0 aliphatic carbocycles. The molecule has 11 heavy (non-hydrogen) atoms. The quantitative estimate of drug-likeness (QED) is 0.660. The number of unbranched alkanes of at least 4 members (excludes halogenated alkanes) is 1. The Labute approximate surface area is 68.6 Å². The van der Waals surface area contributed by atoms with Crippen LogP contribution >= 0.6 is 0 Å². The number of ether oxygens (including phenoxy) is 1. The normalized spacial score (nSPS) is 30.0. The molecule has 0 aromatic carbocycles. The monoisotopic (exact) mass is 158 g/mol. The SMILES string of the molecule is CCCCC1(CCO)CCO1. The van der Waals surface area contributed by atoms with Crippen LogP contribution in [0.25, 0.3) is 0 Å². The second kappa shape index (κ2) is 4.07. The van der Waals surface area contributed by atoms with E-state index in [0.29, 0.717) is 0 Å². The van der Waals surface area contributed by atoms with Crippen molar-refractivity contribution in [1.29, 1.82) is 0 Å². The second-order valence-electron chi connectivity index (χ2n) is 3.36. The van der Waals surface area contributed by atoms with E-state index in [2.05, 4.69) is 6.92 Å². The van der Waals surface area contributed by atoms with E-state index in [1.165, 1.54) is 12.8 Å². The molecule has 0 aromatic heterocycles. The first-order valence-corrected chi connectivity index (χ1v) is 4.58. The molecule has 1 N–H and O–H groups in total. The Balaban J connectivity index is 2.22. The molecule has 1 aliphatic heterocycles. The van der Waals surface area contributed by atoms with Gasteiger partial charge in [-0.2, -0.15) is 0 Å². The second-order valence-corrected chi connectivity index (χ2v) is 3.36. The molecule has 1 heterocycles. The third-order valence-electron chi connectivity index (χ3n) is 2.52. The molecule has 2 heteroatoms.